The number of carbonyl (C=O) groups is 1. The van der Waals surface area contributed by atoms with Gasteiger partial charge in [0.25, 0.3) is 5.91 Å². The SMILES string of the molecule is CN1CCC(NC(=O)c2cc(Br)ccc2N)C1. The summed E-state index contributed by atoms with van der Waals surface area (Å²) in [6.45, 7) is 1.93. The molecule has 0 bridgehead atoms. The summed E-state index contributed by atoms with van der Waals surface area (Å²) >= 11 is 3.34. The highest BCUT2D eigenvalue weighted by molar-refractivity contribution is 9.10. The van der Waals surface area contributed by atoms with Gasteiger partial charge >= 0.3 is 0 Å². The van der Waals surface area contributed by atoms with Gasteiger partial charge in [-0.1, -0.05) is 15.9 Å². The normalized spacial score (nSPS) is 20.5. The van der Waals surface area contributed by atoms with Gasteiger partial charge in [0.1, 0.15) is 0 Å². The molecule has 5 heteroatoms. The first-order valence-corrected chi connectivity index (χ1v) is 6.40. The zero-order valence-electron chi connectivity index (χ0n) is 9.74. The van der Waals surface area contributed by atoms with Crippen molar-refractivity contribution in [3.8, 4) is 0 Å². The van der Waals surface area contributed by atoms with Gasteiger partial charge < -0.3 is 16.0 Å². The molecule has 0 aromatic heterocycles. The highest BCUT2D eigenvalue weighted by Crippen LogP contribution is 2.19. The summed E-state index contributed by atoms with van der Waals surface area (Å²) in [6.07, 6.45) is 0.996. The Balaban J connectivity index is 2.06. The third-order valence-electron chi connectivity index (χ3n) is 2.99. The summed E-state index contributed by atoms with van der Waals surface area (Å²) in [5.74, 6) is -0.0934. The van der Waals surface area contributed by atoms with Crippen LogP contribution in [0.5, 0.6) is 0 Å². The molecule has 1 unspecified atom stereocenters. The first-order valence-electron chi connectivity index (χ1n) is 5.60. The second kappa shape index (κ2) is 5.06. The lowest BCUT2D eigenvalue weighted by molar-refractivity contribution is 0.0939. The molecule has 0 aliphatic carbocycles. The summed E-state index contributed by atoms with van der Waals surface area (Å²) in [7, 11) is 2.06. The second-order valence-corrected chi connectivity index (χ2v) is 5.37. The lowest BCUT2D eigenvalue weighted by atomic mass is 10.1. The number of nitrogen functional groups attached to an aromatic ring is 1. The summed E-state index contributed by atoms with van der Waals surface area (Å²) in [4.78, 5) is 14.3. The molecule has 1 atom stereocenters. The molecule has 0 spiro atoms. The van der Waals surface area contributed by atoms with Gasteiger partial charge in [-0.3, -0.25) is 4.79 Å². The number of likely N-dealkylation sites (tertiary alicyclic amines) is 1. The van der Waals surface area contributed by atoms with Crippen molar-refractivity contribution in [2.75, 3.05) is 25.9 Å². The van der Waals surface area contributed by atoms with Crippen LogP contribution in [0.3, 0.4) is 0 Å². The van der Waals surface area contributed by atoms with E-state index in [1.807, 2.05) is 6.07 Å². The fourth-order valence-electron chi connectivity index (χ4n) is 2.04. The number of amides is 1. The molecule has 1 aliphatic rings. The number of nitrogens with one attached hydrogen (secondary N) is 1. The predicted molar refractivity (Wildman–Crippen MR) is 71.9 cm³/mol. The first kappa shape index (κ1) is 12.4. The van der Waals surface area contributed by atoms with Crippen LogP contribution >= 0.6 is 15.9 Å². The first-order chi connectivity index (χ1) is 8.06. The van der Waals surface area contributed by atoms with Gasteiger partial charge in [-0.15, -0.1) is 0 Å². The molecule has 92 valence electrons. The van der Waals surface area contributed by atoms with Crippen LogP contribution in [0, 0.1) is 0 Å². The quantitative estimate of drug-likeness (QED) is 0.813. The lowest BCUT2D eigenvalue weighted by Gasteiger charge is -2.14. The lowest BCUT2D eigenvalue weighted by Crippen LogP contribution is -2.36. The van der Waals surface area contributed by atoms with Crippen molar-refractivity contribution in [1.29, 1.82) is 0 Å². The van der Waals surface area contributed by atoms with Crippen LogP contribution in [0.25, 0.3) is 0 Å². The van der Waals surface area contributed by atoms with Crippen molar-refractivity contribution in [1.82, 2.24) is 10.2 Å². The van der Waals surface area contributed by atoms with E-state index in [2.05, 4.69) is 33.2 Å². The van der Waals surface area contributed by atoms with Crippen molar-refractivity contribution in [2.45, 2.75) is 12.5 Å². The zero-order valence-corrected chi connectivity index (χ0v) is 11.3. The third-order valence-corrected chi connectivity index (χ3v) is 3.48. The molecule has 1 aromatic rings. The summed E-state index contributed by atoms with van der Waals surface area (Å²) in [6, 6.07) is 5.55. The van der Waals surface area contributed by atoms with Crippen molar-refractivity contribution < 1.29 is 4.79 Å². The molecule has 1 amide bonds. The van der Waals surface area contributed by atoms with Crippen LogP contribution in [-0.4, -0.2) is 37.0 Å². The number of nitrogens with two attached hydrogens (primary N) is 1. The molecule has 4 nitrogen and oxygen atoms in total. The van der Waals surface area contributed by atoms with E-state index in [0.29, 0.717) is 11.3 Å². The average Bonchev–Trinajstić information content (AvgIpc) is 2.67. The maximum atomic E-state index is 12.0. The molecule has 1 aromatic carbocycles. The maximum absolute atomic E-state index is 12.0. The number of hydrogen-bond acceptors (Lipinski definition) is 3. The molecule has 3 N–H and O–H groups in total. The highest BCUT2D eigenvalue weighted by atomic mass is 79.9. The molecule has 1 saturated heterocycles. The Kier molecular flexibility index (Phi) is 3.69. The molecule has 0 saturated carbocycles. The Morgan fingerprint density at radius 3 is 3.00 bits per heavy atom. The fraction of sp³-hybridized carbons (Fsp3) is 0.417. The van der Waals surface area contributed by atoms with E-state index in [-0.39, 0.29) is 11.9 Å². The van der Waals surface area contributed by atoms with E-state index < -0.39 is 0 Å². The number of hydrogen-bond donors (Lipinski definition) is 2. The van der Waals surface area contributed by atoms with Crippen molar-refractivity contribution in [3.05, 3.63) is 28.2 Å². The van der Waals surface area contributed by atoms with Crippen LogP contribution in [0.15, 0.2) is 22.7 Å². The Morgan fingerprint density at radius 2 is 2.35 bits per heavy atom. The topological polar surface area (TPSA) is 58.4 Å². The molecule has 17 heavy (non-hydrogen) atoms. The van der Waals surface area contributed by atoms with Gasteiger partial charge in [0.05, 0.1) is 5.56 Å². The molecular weight excluding hydrogens is 282 g/mol. The zero-order chi connectivity index (χ0) is 12.4. The number of rotatable bonds is 2. The number of likely N-dealkylation sites (N-methyl/N-ethyl adjacent to an activating group) is 1. The van der Waals surface area contributed by atoms with Gasteiger partial charge in [0.2, 0.25) is 0 Å². The minimum atomic E-state index is -0.0934. The Hall–Kier alpha value is -1.07. The van der Waals surface area contributed by atoms with Crippen LogP contribution < -0.4 is 11.1 Å². The van der Waals surface area contributed by atoms with E-state index >= 15 is 0 Å². The molecule has 1 aliphatic heterocycles. The van der Waals surface area contributed by atoms with E-state index in [0.717, 1.165) is 24.0 Å². The monoisotopic (exact) mass is 297 g/mol. The van der Waals surface area contributed by atoms with Crippen molar-refractivity contribution in [2.24, 2.45) is 0 Å². The molecule has 0 radical (unpaired) electrons. The largest absolute Gasteiger partial charge is 0.398 e. The van der Waals surface area contributed by atoms with Crippen molar-refractivity contribution >= 4 is 27.5 Å². The minimum absolute atomic E-state index is 0.0934. The number of halogens is 1. The summed E-state index contributed by atoms with van der Waals surface area (Å²) in [5, 5.41) is 3.01. The van der Waals surface area contributed by atoms with E-state index in [9.17, 15) is 4.79 Å². The number of carbonyl (C=O) groups excluding carboxylic acids is 1. The molecule has 1 heterocycles. The number of anilines is 1. The molecule has 2 rings (SSSR count). The fourth-order valence-corrected chi connectivity index (χ4v) is 2.40. The minimum Gasteiger partial charge on any atom is -0.398 e. The van der Waals surface area contributed by atoms with Gasteiger partial charge in [0, 0.05) is 22.7 Å². The highest BCUT2D eigenvalue weighted by Gasteiger charge is 2.22. The standard InChI is InChI=1S/C12H16BrN3O/c1-16-5-4-9(7-16)15-12(17)10-6-8(13)2-3-11(10)14/h2-3,6,9H,4-5,7,14H2,1H3,(H,15,17). The van der Waals surface area contributed by atoms with Gasteiger partial charge in [0.15, 0.2) is 0 Å². The van der Waals surface area contributed by atoms with Gasteiger partial charge in [-0.25, -0.2) is 0 Å². The van der Waals surface area contributed by atoms with Gasteiger partial charge in [-0.2, -0.15) is 0 Å². The maximum Gasteiger partial charge on any atom is 0.253 e. The smallest absolute Gasteiger partial charge is 0.253 e. The van der Waals surface area contributed by atoms with Crippen molar-refractivity contribution in [3.63, 3.8) is 0 Å². The van der Waals surface area contributed by atoms with Gasteiger partial charge in [-0.05, 0) is 38.2 Å². The summed E-state index contributed by atoms with van der Waals surface area (Å²) in [5.41, 5.74) is 6.85. The molecule has 1 fully saturated rings. The Bertz CT molecular complexity index is 436. The Morgan fingerprint density at radius 1 is 1.59 bits per heavy atom. The van der Waals surface area contributed by atoms with E-state index in [1.165, 1.54) is 0 Å². The number of benzene rings is 1. The second-order valence-electron chi connectivity index (χ2n) is 4.45. The predicted octanol–water partition coefficient (Wildman–Crippen LogP) is 1.47. The van der Waals surface area contributed by atoms with E-state index in [4.69, 9.17) is 5.73 Å². The molecular formula is C12H16BrN3O. The third kappa shape index (κ3) is 2.98. The van der Waals surface area contributed by atoms with Crippen LogP contribution in [0.4, 0.5) is 5.69 Å². The number of nitrogens with zero attached hydrogens (tertiary/aromatic N) is 1. The summed E-state index contributed by atoms with van der Waals surface area (Å²) < 4.78 is 0.861. The van der Waals surface area contributed by atoms with E-state index in [1.54, 1.807) is 12.1 Å². The Labute approximate surface area is 109 Å². The van der Waals surface area contributed by atoms with Crippen LogP contribution in [0.1, 0.15) is 16.8 Å². The van der Waals surface area contributed by atoms with Crippen LogP contribution in [-0.2, 0) is 0 Å². The van der Waals surface area contributed by atoms with Crippen LogP contribution in [0.2, 0.25) is 0 Å². The average molecular weight is 298 g/mol.